The van der Waals surface area contributed by atoms with Crippen molar-refractivity contribution in [3.63, 3.8) is 0 Å². The molecular weight excluding hydrogens is 410 g/mol. The minimum Gasteiger partial charge on any atom is -0.444 e. The highest BCUT2D eigenvalue weighted by Crippen LogP contribution is 2.28. The molecule has 0 saturated carbocycles. The van der Waals surface area contributed by atoms with Gasteiger partial charge in [0.15, 0.2) is 0 Å². The summed E-state index contributed by atoms with van der Waals surface area (Å²) in [5.74, 6) is 0.877. The Hall–Kier alpha value is -2.13. The molecule has 0 spiro atoms. The van der Waals surface area contributed by atoms with Gasteiger partial charge in [-0.2, -0.15) is 0 Å². The highest BCUT2D eigenvalue weighted by atomic mass is 28.3. The van der Waals surface area contributed by atoms with Crippen LogP contribution < -0.4 is 4.90 Å². The normalized spacial score (nSPS) is 17.4. The highest BCUT2D eigenvalue weighted by Gasteiger charge is 2.32. The van der Waals surface area contributed by atoms with E-state index in [4.69, 9.17) is 9.47 Å². The molecule has 1 saturated heterocycles. The monoisotopic (exact) mass is 447 g/mol. The average molecular weight is 448 g/mol. The predicted octanol–water partition coefficient (Wildman–Crippen LogP) is 4.19. The van der Waals surface area contributed by atoms with Crippen LogP contribution in [0, 0.1) is 0 Å². The van der Waals surface area contributed by atoms with Gasteiger partial charge in [0.05, 0.1) is 5.39 Å². The van der Waals surface area contributed by atoms with Crippen LogP contribution in [0.2, 0.25) is 25.7 Å². The van der Waals surface area contributed by atoms with E-state index in [0.717, 1.165) is 35.9 Å². The standard InChI is InChI=1S/C22H37N5O3Si/c1-22(2,3)30-21(28)26-10-8-17(14-26)25(4)19-18-9-11-27(20(18)24-15-23-19)16-29-12-13-31(5,6)7/h9,11,15,17H,8,10,12-14,16H2,1-7H3. The molecule has 9 heteroatoms. The van der Waals surface area contributed by atoms with E-state index in [0.29, 0.717) is 19.8 Å². The Labute approximate surface area is 186 Å². The number of rotatable bonds is 7. The first-order chi connectivity index (χ1) is 14.4. The lowest BCUT2D eigenvalue weighted by atomic mass is 10.2. The number of fused-ring (bicyclic) bond motifs is 1. The van der Waals surface area contributed by atoms with Gasteiger partial charge in [-0.05, 0) is 39.3 Å². The van der Waals surface area contributed by atoms with Gasteiger partial charge in [0.25, 0.3) is 0 Å². The number of carbonyl (C=O) groups is 1. The van der Waals surface area contributed by atoms with Crippen LogP contribution >= 0.6 is 0 Å². The van der Waals surface area contributed by atoms with Crippen LogP contribution in [0.3, 0.4) is 0 Å². The van der Waals surface area contributed by atoms with Gasteiger partial charge < -0.3 is 23.8 Å². The molecule has 0 bridgehead atoms. The fraction of sp³-hybridized carbons (Fsp3) is 0.682. The van der Waals surface area contributed by atoms with Crippen LogP contribution in [-0.4, -0.2) is 72.0 Å². The van der Waals surface area contributed by atoms with Crippen LogP contribution in [0.15, 0.2) is 18.6 Å². The predicted molar refractivity (Wildman–Crippen MR) is 126 cm³/mol. The molecule has 1 unspecified atom stereocenters. The third-order valence-electron chi connectivity index (χ3n) is 5.46. The van der Waals surface area contributed by atoms with Crippen molar-refractivity contribution >= 4 is 31.0 Å². The molecule has 3 heterocycles. The van der Waals surface area contributed by atoms with Gasteiger partial charge in [-0.3, -0.25) is 0 Å². The molecule has 1 fully saturated rings. The number of hydrogen-bond donors (Lipinski definition) is 0. The van der Waals surface area contributed by atoms with E-state index in [1.165, 1.54) is 0 Å². The van der Waals surface area contributed by atoms with Crippen LogP contribution in [0.1, 0.15) is 27.2 Å². The first-order valence-corrected chi connectivity index (χ1v) is 14.7. The van der Waals surface area contributed by atoms with Gasteiger partial charge in [-0.1, -0.05) is 19.6 Å². The summed E-state index contributed by atoms with van der Waals surface area (Å²) in [6, 6.07) is 3.37. The fourth-order valence-corrected chi connectivity index (χ4v) is 4.40. The second-order valence-electron chi connectivity index (χ2n) is 10.5. The van der Waals surface area contributed by atoms with E-state index < -0.39 is 13.7 Å². The molecule has 1 atom stereocenters. The molecule has 3 rings (SSSR count). The number of ether oxygens (including phenoxy) is 2. The van der Waals surface area contributed by atoms with Gasteiger partial charge in [-0.15, -0.1) is 0 Å². The topological polar surface area (TPSA) is 72.7 Å². The Kier molecular flexibility index (Phi) is 6.95. The number of likely N-dealkylation sites (N-methyl/N-ethyl adjacent to an activating group) is 1. The number of nitrogens with zero attached hydrogens (tertiary/aromatic N) is 5. The smallest absolute Gasteiger partial charge is 0.410 e. The van der Waals surface area contributed by atoms with Crippen molar-refractivity contribution in [2.75, 3.05) is 31.6 Å². The number of aromatic nitrogens is 3. The molecule has 31 heavy (non-hydrogen) atoms. The Morgan fingerprint density at radius 3 is 2.71 bits per heavy atom. The quantitative estimate of drug-likeness (QED) is 0.468. The van der Waals surface area contributed by atoms with E-state index in [-0.39, 0.29) is 12.1 Å². The Morgan fingerprint density at radius 2 is 2.03 bits per heavy atom. The minimum atomic E-state index is -1.10. The number of carbonyl (C=O) groups excluding carboxylic acids is 1. The summed E-state index contributed by atoms with van der Waals surface area (Å²) in [6.45, 7) is 15.3. The minimum absolute atomic E-state index is 0.182. The average Bonchev–Trinajstić information content (AvgIpc) is 3.30. The van der Waals surface area contributed by atoms with E-state index in [1.54, 1.807) is 11.2 Å². The van der Waals surface area contributed by atoms with Crippen LogP contribution in [0.4, 0.5) is 10.6 Å². The summed E-state index contributed by atoms with van der Waals surface area (Å²) in [4.78, 5) is 25.4. The molecule has 2 aromatic heterocycles. The highest BCUT2D eigenvalue weighted by molar-refractivity contribution is 6.76. The molecule has 2 aromatic rings. The summed E-state index contributed by atoms with van der Waals surface area (Å²) in [5.41, 5.74) is 0.381. The van der Waals surface area contributed by atoms with Gasteiger partial charge >= 0.3 is 6.09 Å². The van der Waals surface area contributed by atoms with E-state index in [2.05, 4.69) is 34.5 Å². The summed E-state index contributed by atoms with van der Waals surface area (Å²) in [6.07, 6.45) is 4.24. The number of likely N-dealkylation sites (tertiary alicyclic amines) is 1. The first-order valence-electron chi connectivity index (χ1n) is 11.0. The van der Waals surface area contributed by atoms with Gasteiger partial charge in [-0.25, -0.2) is 14.8 Å². The van der Waals surface area contributed by atoms with Crippen molar-refractivity contribution in [3.05, 3.63) is 18.6 Å². The molecule has 0 aliphatic carbocycles. The summed E-state index contributed by atoms with van der Waals surface area (Å²) >= 11 is 0. The maximum Gasteiger partial charge on any atom is 0.410 e. The molecule has 0 radical (unpaired) electrons. The largest absolute Gasteiger partial charge is 0.444 e. The zero-order valence-corrected chi connectivity index (χ0v) is 21.0. The summed E-state index contributed by atoms with van der Waals surface area (Å²) in [7, 11) is 0.932. The van der Waals surface area contributed by atoms with Crippen LogP contribution in [0.5, 0.6) is 0 Å². The molecule has 1 aliphatic rings. The Bertz CT molecular complexity index is 903. The Balaban J connectivity index is 1.66. The number of amides is 1. The third-order valence-corrected chi connectivity index (χ3v) is 7.16. The van der Waals surface area contributed by atoms with Crippen molar-refractivity contribution in [2.24, 2.45) is 0 Å². The summed E-state index contributed by atoms with van der Waals surface area (Å²) in [5, 5.41) is 0.995. The first kappa shape index (κ1) is 23.5. The SMILES string of the molecule is CN(c1ncnc2c1ccn2COCC[Si](C)(C)C)C1CCN(C(=O)OC(C)(C)C)C1. The van der Waals surface area contributed by atoms with E-state index in [1.807, 2.05) is 44.6 Å². The van der Waals surface area contributed by atoms with Crippen LogP contribution in [-0.2, 0) is 16.2 Å². The van der Waals surface area contributed by atoms with E-state index in [9.17, 15) is 4.79 Å². The van der Waals surface area contributed by atoms with Crippen molar-refractivity contribution in [1.82, 2.24) is 19.4 Å². The molecule has 1 aliphatic heterocycles. The molecule has 172 valence electrons. The lowest BCUT2D eigenvalue weighted by molar-refractivity contribution is 0.0292. The molecule has 0 aromatic carbocycles. The molecule has 0 N–H and O–H groups in total. The van der Waals surface area contributed by atoms with Gasteiger partial charge in [0.1, 0.15) is 30.1 Å². The maximum atomic E-state index is 12.4. The maximum absolute atomic E-state index is 12.4. The molecule has 8 nitrogen and oxygen atoms in total. The second-order valence-corrected chi connectivity index (χ2v) is 16.2. The molecular formula is C22H37N5O3Si. The number of hydrogen-bond acceptors (Lipinski definition) is 6. The zero-order chi connectivity index (χ0) is 22.8. The van der Waals surface area contributed by atoms with Crippen LogP contribution in [0.25, 0.3) is 11.0 Å². The Morgan fingerprint density at radius 1 is 1.29 bits per heavy atom. The van der Waals surface area contributed by atoms with Gasteiger partial charge in [0.2, 0.25) is 0 Å². The fourth-order valence-electron chi connectivity index (χ4n) is 3.64. The van der Waals surface area contributed by atoms with E-state index >= 15 is 0 Å². The van der Waals surface area contributed by atoms with Gasteiger partial charge in [0, 0.05) is 47.1 Å². The lowest BCUT2D eigenvalue weighted by Gasteiger charge is -2.27. The van der Waals surface area contributed by atoms with Crippen molar-refractivity contribution < 1.29 is 14.3 Å². The van der Waals surface area contributed by atoms with Crippen molar-refractivity contribution in [2.45, 2.75) is 71.3 Å². The zero-order valence-electron chi connectivity index (χ0n) is 20.0. The third kappa shape index (κ3) is 6.19. The van der Waals surface area contributed by atoms with Crippen molar-refractivity contribution in [3.8, 4) is 0 Å². The molecule has 1 amide bonds. The second kappa shape index (κ2) is 9.16. The lowest BCUT2D eigenvalue weighted by Crippen LogP contribution is -2.39. The summed E-state index contributed by atoms with van der Waals surface area (Å²) < 4.78 is 13.5. The number of anilines is 1. The van der Waals surface area contributed by atoms with Crippen molar-refractivity contribution in [1.29, 1.82) is 0 Å².